The second kappa shape index (κ2) is 3.50. The van der Waals surface area contributed by atoms with E-state index in [1.54, 1.807) is 24.3 Å². The first-order valence-electron chi connectivity index (χ1n) is 5.48. The highest BCUT2D eigenvalue weighted by Gasteiger charge is 2.28. The van der Waals surface area contributed by atoms with Crippen LogP contribution < -0.4 is 0 Å². The van der Waals surface area contributed by atoms with Gasteiger partial charge in [-0.25, -0.2) is 0 Å². The van der Waals surface area contributed by atoms with Gasteiger partial charge in [0.2, 0.25) is 0 Å². The van der Waals surface area contributed by atoms with Crippen LogP contribution in [0.2, 0.25) is 0 Å². The van der Waals surface area contributed by atoms with Gasteiger partial charge in [0.25, 0.3) is 0 Å². The van der Waals surface area contributed by atoms with Crippen LogP contribution in [-0.4, -0.2) is 15.3 Å². The summed E-state index contributed by atoms with van der Waals surface area (Å²) in [5.41, 5.74) is 2.80. The molecule has 0 unspecified atom stereocenters. The predicted molar refractivity (Wildman–Crippen MR) is 63.1 cm³/mol. The largest absolute Gasteiger partial charge is 0.508 e. The molecule has 0 aliphatic heterocycles. The van der Waals surface area contributed by atoms with Crippen LogP contribution >= 0.6 is 0 Å². The Morgan fingerprint density at radius 3 is 1.76 bits per heavy atom. The first-order chi connectivity index (χ1) is 8.18. The predicted octanol–water partition coefficient (Wildman–Crippen LogP) is 2.08. The van der Waals surface area contributed by atoms with Gasteiger partial charge in [-0.15, -0.1) is 0 Å². The molecule has 0 fully saturated rings. The van der Waals surface area contributed by atoms with Crippen molar-refractivity contribution in [3.63, 3.8) is 0 Å². The molecule has 2 aromatic carbocycles. The van der Waals surface area contributed by atoms with Gasteiger partial charge >= 0.3 is 0 Å². The number of aliphatic hydroxyl groups excluding tert-OH is 1. The van der Waals surface area contributed by atoms with Gasteiger partial charge in [0.05, 0.1) is 0 Å². The van der Waals surface area contributed by atoms with Crippen molar-refractivity contribution in [1.82, 2.24) is 0 Å². The molecule has 0 amide bonds. The summed E-state index contributed by atoms with van der Waals surface area (Å²) < 4.78 is 0. The summed E-state index contributed by atoms with van der Waals surface area (Å²) in [5, 5.41) is 29.9. The van der Waals surface area contributed by atoms with Crippen molar-refractivity contribution in [3.8, 4) is 11.5 Å². The van der Waals surface area contributed by atoms with Crippen LogP contribution in [0.5, 0.6) is 11.5 Å². The molecule has 1 aliphatic rings. The zero-order chi connectivity index (χ0) is 12.0. The van der Waals surface area contributed by atoms with E-state index >= 15 is 0 Å². The van der Waals surface area contributed by atoms with Gasteiger partial charge in [0.1, 0.15) is 17.6 Å². The summed E-state index contributed by atoms with van der Waals surface area (Å²) in [6, 6.07) is 10.4. The van der Waals surface area contributed by atoms with Gasteiger partial charge in [-0.3, -0.25) is 0 Å². The molecule has 0 saturated carbocycles. The molecular weight excluding hydrogens is 216 g/mol. The van der Waals surface area contributed by atoms with Crippen molar-refractivity contribution in [2.75, 3.05) is 0 Å². The van der Waals surface area contributed by atoms with Gasteiger partial charge in [-0.05, 0) is 29.7 Å². The Hall–Kier alpha value is -2.00. The van der Waals surface area contributed by atoms with Crippen molar-refractivity contribution in [3.05, 3.63) is 58.7 Å². The Morgan fingerprint density at radius 2 is 1.29 bits per heavy atom. The van der Waals surface area contributed by atoms with E-state index in [1.165, 1.54) is 0 Å². The number of benzene rings is 2. The SMILES string of the molecule is Oc1cccc2c1C(O)c1c(O)cccc1C2. The molecule has 3 nitrogen and oxygen atoms in total. The minimum Gasteiger partial charge on any atom is -0.508 e. The fourth-order valence-corrected chi connectivity index (χ4v) is 2.49. The number of fused-ring (bicyclic) bond motifs is 2. The maximum atomic E-state index is 10.3. The standard InChI is InChI=1S/C14H12O3/c15-10-5-1-3-8-7-9-4-2-6-11(16)13(9)14(17)12(8)10/h1-6,14-17H,7H2. The Balaban J connectivity index is 2.26. The van der Waals surface area contributed by atoms with E-state index in [-0.39, 0.29) is 11.5 Å². The third-order valence-electron chi connectivity index (χ3n) is 3.27. The summed E-state index contributed by atoms with van der Waals surface area (Å²) >= 11 is 0. The quantitative estimate of drug-likeness (QED) is 0.647. The highest BCUT2D eigenvalue weighted by atomic mass is 16.3. The summed E-state index contributed by atoms with van der Waals surface area (Å²) in [4.78, 5) is 0. The third kappa shape index (κ3) is 1.40. The van der Waals surface area contributed by atoms with Crippen LogP contribution in [0.1, 0.15) is 28.4 Å². The molecule has 1 aliphatic carbocycles. The molecule has 0 radical (unpaired) electrons. The van der Waals surface area contributed by atoms with Crippen LogP contribution in [0.25, 0.3) is 0 Å². The topological polar surface area (TPSA) is 60.7 Å². The maximum absolute atomic E-state index is 10.3. The Morgan fingerprint density at radius 1 is 0.824 bits per heavy atom. The monoisotopic (exact) mass is 228 g/mol. The van der Waals surface area contributed by atoms with Crippen LogP contribution in [0.3, 0.4) is 0 Å². The molecule has 3 N–H and O–H groups in total. The Bertz CT molecular complexity index is 539. The van der Waals surface area contributed by atoms with Gasteiger partial charge in [0.15, 0.2) is 0 Å². The lowest BCUT2D eigenvalue weighted by molar-refractivity contribution is 0.206. The highest BCUT2D eigenvalue weighted by Crippen LogP contribution is 2.42. The summed E-state index contributed by atoms with van der Waals surface area (Å²) in [5.74, 6) is 0.146. The van der Waals surface area contributed by atoms with Crippen molar-refractivity contribution < 1.29 is 15.3 Å². The second-order valence-corrected chi connectivity index (χ2v) is 4.28. The van der Waals surface area contributed by atoms with Crippen molar-refractivity contribution >= 4 is 0 Å². The van der Waals surface area contributed by atoms with E-state index in [0.29, 0.717) is 17.5 Å². The lowest BCUT2D eigenvalue weighted by Crippen LogP contribution is -2.13. The number of aromatic hydroxyl groups is 2. The number of rotatable bonds is 0. The normalized spacial score (nSPS) is 14.2. The fraction of sp³-hybridized carbons (Fsp3) is 0.143. The Kier molecular flexibility index (Phi) is 2.09. The molecule has 0 atom stereocenters. The molecule has 3 heteroatoms. The maximum Gasteiger partial charge on any atom is 0.122 e. The Labute approximate surface area is 98.6 Å². The minimum atomic E-state index is -0.962. The molecule has 0 bridgehead atoms. The number of aliphatic hydroxyl groups is 1. The average Bonchev–Trinajstić information content (AvgIpc) is 2.28. The van der Waals surface area contributed by atoms with E-state index in [0.717, 1.165) is 11.1 Å². The smallest absolute Gasteiger partial charge is 0.122 e. The van der Waals surface area contributed by atoms with Gasteiger partial charge in [0, 0.05) is 11.1 Å². The molecule has 2 aromatic rings. The van der Waals surface area contributed by atoms with E-state index < -0.39 is 6.10 Å². The van der Waals surface area contributed by atoms with E-state index in [1.807, 2.05) is 12.1 Å². The van der Waals surface area contributed by atoms with Crippen molar-refractivity contribution in [2.24, 2.45) is 0 Å². The van der Waals surface area contributed by atoms with Crippen LogP contribution in [-0.2, 0) is 6.42 Å². The first-order valence-corrected chi connectivity index (χ1v) is 5.48. The van der Waals surface area contributed by atoms with E-state index in [2.05, 4.69) is 0 Å². The fourth-order valence-electron chi connectivity index (χ4n) is 2.49. The highest BCUT2D eigenvalue weighted by molar-refractivity contribution is 5.56. The molecule has 3 rings (SSSR count). The molecule has 17 heavy (non-hydrogen) atoms. The third-order valence-corrected chi connectivity index (χ3v) is 3.27. The lowest BCUT2D eigenvalue weighted by Gasteiger charge is -2.26. The van der Waals surface area contributed by atoms with Crippen molar-refractivity contribution in [2.45, 2.75) is 12.5 Å². The van der Waals surface area contributed by atoms with Crippen LogP contribution in [0, 0.1) is 0 Å². The van der Waals surface area contributed by atoms with Gasteiger partial charge in [-0.2, -0.15) is 0 Å². The molecule has 86 valence electrons. The second-order valence-electron chi connectivity index (χ2n) is 4.28. The number of hydrogen-bond donors (Lipinski definition) is 3. The van der Waals surface area contributed by atoms with Gasteiger partial charge in [-0.1, -0.05) is 24.3 Å². The summed E-state index contributed by atoms with van der Waals surface area (Å²) in [7, 11) is 0. The average molecular weight is 228 g/mol. The van der Waals surface area contributed by atoms with Crippen LogP contribution in [0.4, 0.5) is 0 Å². The van der Waals surface area contributed by atoms with E-state index in [9.17, 15) is 15.3 Å². The summed E-state index contributed by atoms with van der Waals surface area (Å²) in [6.45, 7) is 0. The molecule has 0 heterocycles. The minimum absolute atomic E-state index is 0.0731. The van der Waals surface area contributed by atoms with Gasteiger partial charge < -0.3 is 15.3 Å². The molecule has 0 saturated heterocycles. The lowest BCUT2D eigenvalue weighted by atomic mass is 9.83. The summed E-state index contributed by atoms with van der Waals surface area (Å²) in [6.07, 6.45) is -0.346. The molecular formula is C14H12O3. The number of phenolic OH excluding ortho intramolecular Hbond substituents is 2. The van der Waals surface area contributed by atoms with E-state index in [4.69, 9.17) is 0 Å². The van der Waals surface area contributed by atoms with Crippen LogP contribution in [0.15, 0.2) is 36.4 Å². The zero-order valence-corrected chi connectivity index (χ0v) is 9.09. The first kappa shape index (κ1) is 10.2. The molecule has 0 aromatic heterocycles. The zero-order valence-electron chi connectivity index (χ0n) is 9.09. The molecule has 0 spiro atoms. The van der Waals surface area contributed by atoms with Crippen molar-refractivity contribution in [1.29, 1.82) is 0 Å². The number of phenols is 2. The number of hydrogen-bond acceptors (Lipinski definition) is 3.